The monoisotopic (exact) mass is 291 g/mol. The molecule has 1 aliphatic heterocycles. The lowest BCUT2D eigenvalue weighted by molar-refractivity contribution is -0.120. The van der Waals surface area contributed by atoms with Crippen LogP contribution in [0.25, 0.3) is 0 Å². The molecule has 1 aromatic rings. The Labute approximate surface area is 124 Å². The van der Waals surface area contributed by atoms with Gasteiger partial charge in [0.15, 0.2) is 0 Å². The molecule has 0 unspecified atom stereocenters. The molecule has 108 valence electrons. The number of anilines is 1. The molecular formula is C15H21N3OS. The molecule has 1 saturated heterocycles. The number of hydrogen-bond acceptors (Lipinski definition) is 4. The largest absolute Gasteiger partial charge is 0.315 e. The number of nitriles is 1. The third-order valence-corrected chi connectivity index (χ3v) is 4.67. The summed E-state index contributed by atoms with van der Waals surface area (Å²) in [6.07, 6.45) is 6.16. The van der Waals surface area contributed by atoms with Crippen molar-refractivity contribution in [1.82, 2.24) is 4.90 Å². The summed E-state index contributed by atoms with van der Waals surface area (Å²) >= 11 is 1.40. The molecule has 1 amide bonds. The van der Waals surface area contributed by atoms with Gasteiger partial charge in [0.05, 0.1) is 11.6 Å². The van der Waals surface area contributed by atoms with Crippen LogP contribution in [0.15, 0.2) is 11.4 Å². The Balaban J connectivity index is 1.95. The van der Waals surface area contributed by atoms with Gasteiger partial charge in [0.25, 0.3) is 0 Å². The van der Waals surface area contributed by atoms with Crippen molar-refractivity contribution < 1.29 is 4.79 Å². The number of thiophene rings is 1. The molecule has 1 N–H and O–H groups in total. The highest BCUT2D eigenvalue weighted by atomic mass is 32.1. The van der Waals surface area contributed by atoms with E-state index in [1.807, 2.05) is 12.3 Å². The van der Waals surface area contributed by atoms with Gasteiger partial charge in [-0.3, -0.25) is 9.69 Å². The number of hydrogen-bond donors (Lipinski definition) is 1. The highest BCUT2D eigenvalue weighted by Gasteiger charge is 2.22. The van der Waals surface area contributed by atoms with Crippen LogP contribution in [0, 0.1) is 11.3 Å². The first-order valence-corrected chi connectivity index (χ1v) is 8.13. The van der Waals surface area contributed by atoms with E-state index in [-0.39, 0.29) is 11.9 Å². The second-order valence-corrected chi connectivity index (χ2v) is 6.16. The normalized spacial score (nSPS) is 18.6. The quantitative estimate of drug-likeness (QED) is 0.930. The fourth-order valence-corrected chi connectivity index (χ4v) is 3.28. The lowest BCUT2D eigenvalue weighted by Crippen LogP contribution is -2.43. The van der Waals surface area contributed by atoms with Gasteiger partial charge >= 0.3 is 0 Å². The van der Waals surface area contributed by atoms with Crippen LogP contribution >= 0.6 is 11.3 Å². The topological polar surface area (TPSA) is 56.1 Å². The summed E-state index contributed by atoms with van der Waals surface area (Å²) in [7, 11) is 0. The van der Waals surface area contributed by atoms with E-state index >= 15 is 0 Å². The van der Waals surface area contributed by atoms with Gasteiger partial charge in [-0.1, -0.05) is 19.3 Å². The SMILES string of the molecule is C[C@H](C(=O)Nc1sccc1C#N)N1CCCCCCC1. The van der Waals surface area contributed by atoms with Crippen molar-refractivity contribution in [1.29, 1.82) is 5.26 Å². The van der Waals surface area contributed by atoms with E-state index in [9.17, 15) is 4.79 Å². The molecule has 0 spiro atoms. The van der Waals surface area contributed by atoms with E-state index in [2.05, 4.69) is 16.3 Å². The second-order valence-electron chi connectivity index (χ2n) is 5.24. The van der Waals surface area contributed by atoms with Crippen LogP contribution < -0.4 is 5.32 Å². The molecule has 1 fully saturated rings. The van der Waals surface area contributed by atoms with Gasteiger partial charge in [-0.15, -0.1) is 11.3 Å². The molecule has 0 bridgehead atoms. The molecule has 2 heterocycles. The molecular weight excluding hydrogens is 270 g/mol. The maximum absolute atomic E-state index is 12.3. The van der Waals surface area contributed by atoms with Crippen molar-refractivity contribution in [2.75, 3.05) is 18.4 Å². The van der Waals surface area contributed by atoms with Crippen LogP contribution in [0.2, 0.25) is 0 Å². The Morgan fingerprint density at radius 3 is 2.65 bits per heavy atom. The maximum Gasteiger partial charge on any atom is 0.242 e. The summed E-state index contributed by atoms with van der Waals surface area (Å²) in [4.78, 5) is 14.6. The molecule has 0 aromatic carbocycles. The number of likely N-dealkylation sites (tertiary alicyclic amines) is 1. The van der Waals surface area contributed by atoms with Gasteiger partial charge < -0.3 is 5.32 Å². The molecule has 1 atom stereocenters. The zero-order chi connectivity index (χ0) is 14.4. The predicted molar refractivity (Wildman–Crippen MR) is 81.8 cm³/mol. The van der Waals surface area contributed by atoms with Gasteiger partial charge in [0.2, 0.25) is 5.91 Å². The zero-order valence-corrected chi connectivity index (χ0v) is 12.7. The molecule has 0 radical (unpaired) electrons. The van der Waals surface area contributed by atoms with Gasteiger partial charge in [0, 0.05) is 0 Å². The smallest absolute Gasteiger partial charge is 0.242 e. The van der Waals surface area contributed by atoms with Gasteiger partial charge in [0.1, 0.15) is 11.1 Å². The van der Waals surface area contributed by atoms with Crippen LogP contribution in [-0.4, -0.2) is 29.9 Å². The highest BCUT2D eigenvalue weighted by molar-refractivity contribution is 7.14. The second kappa shape index (κ2) is 7.41. The van der Waals surface area contributed by atoms with Crippen LogP contribution in [0.5, 0.6) is 0 Å². The first-order chi connectivity index (χ1) is 9.72. The predicted octanol–water partition coefficient (Wildman–Crippen LogP) is 3.21. The number of amides is 1. The van der Waals surface area contributed by atoms with Crippen LogP contribution in [-0.2, 0) is 4.79 Å². The van der Waals surface area contributed by atoms with Gasteiger partial charge in [-0.25, -0.2) is 0 Å². The Morgan fingerprint density at radius 2 is 2.00 bits per heavy atom. The standard InChI is InChI=1S/C15H21N3OS/c1-12(18-8-5-3-2-4-6-9-18)14(19)17-15-13(11-16)7-10-20-15/h7,10,12H,2-6,8-9H2,1H3,(H,17,19)/t12-/m1/s1. The Bertz CT molecular complexity index is 484. The molecule has 1 aliphatic rings. The Kier molecular flexibility index (Phi) is 5.57. The number of nitrogens with one attached hydrogen (secondary N) is 1. The number of rotatable bonds is 3. The highest BCUT2D eigenvalue weighted by Crippen LogP contribution is 2.23. The summed E-state index contributed by atoms with van der Waals surface area (Å²) in [5.74, 6) is -0.00970. The fourth-order valence-electron chi connectivity index (χ4n) is 2.54. The van der Waals surface area contributed by atoms with Crippen LogP contribution in [0.1, 0.15) is 44.6 Å². The van der Waals surface area contributed by atoms with Gasteiger partial charge in [-0.05, 0) is 44.3 Å². The minimum absolute atomic E-state index is 0.00970. The first kappa shape index (κ1) is 15.0. The van der Waals surface area contributed by atoms with E-state index in [0.29, 0.717) is 10.6 Å². The summed E-state index contributed by atoms with van der Waals surface area (Å²) in [6.45, 7) is 3.94. The van der Waals surface area contributed by atoms with E-state index < -0.39 is 0 Å². The number of carbonyl (C=O) groups is 1. The summed E-state index contributed by atoms with van der Waals surface area (Å²) in [5, 5.41) is 14.4. The Hall–Kier alpha value is -1.38. The Morgan fingerprint density at radius 1 is 1.35 bits per heavy atom. The minimum atomic E-state index is -0.137. The molecule has 0 saturated carbocycles. The van der Waals surface area contributed by atoms with Gasteiger partial charge in [-0.2, -0.15) is 5.26 Å². The third-order valence-electron chi connectivity index (χ3n) is 3.84. The minimum Gasteiger partial charge on any atom is -0.315 e. The third kappa shape index (κ3) is 3.81. The van der Waals surface area contributed by atoms with Crippen molar-refractivity contribution in [3.63, 3.8) is 0 Å². The van der Waals surface area contributed by atoms with E-state index in [1.165, 1.54) is 43.4 Å². The maximum atomic E-state index is 12.3. The number of nitrogens with zero attached hydrogens (tertiary/aromatic N) is 2. The molecule has 4 nitrogen and oxygen atoms in total. The fraction of sp³-hybridized carbons (Fsp3) is 0.600. The lowest BCUT2D eigenvalue weighted by atomic mass is 10.1. The average Bonchev–Trinajstić information content (AvgIpc) is 2.85. The van der Waals surface area contributed by atoms with Crippen molar-refractivity contribution in [3.8, 4) is 6.07 Å². The van der Waals surface area contributed by atoms with E-state index in [0.717, 1.165) is 13.1 Å². The van der Waals surface area contributed by atoms with Crippen molar-refractivity contribution in [2.45, 2.75) is 45.1 Å². The summed E-state index contributed by atoms with van der Waals surface area (Å²) in [5.41, 5.74) is 0.545. The average molecular weight is 291 g/mol. The van der Waals surface area contributed by atoms with Crippen molar-refractivity contribution >= 4 is 22.2 Å². The summed E-state index contributed by atoms with van der Waals surface area (Å²) in [6, 6.07) is 3.70. The van der Waals surface area contributed by atoms with Crippen LogP contribution in [0.3, 0.4) is 0 Å². The number of carbonyl (C=O) groups excluding carboxylic acids is 1. The van der Waals surface area contributed by atoms with Crippen molar-refractivity contribution in [3.05, 3.63) is 17.0 Å². The van der Waals surface area contributed by atoms with E-state index in [4.69, 9.17) is 5.26 Å². The molecule has 5 heteroatoms. The lowest BCUT2D eigenvalue weighted by Gasteiger charge is -2.29. The molecule has 0 aliphatic carbocycles. The van der Waals surface area contributed by atoms with E-state index in [1.54, 1.807) is 6.07 Å². The van der Waals surface area contributed by atoms with Crippen LogP contribution in [0.4, 0.5) is 5.00 Å². The zero-order valence-electron chi connectivity index (χ0n) is 11.9. The summed E-state index contributed by atoms with van der Waals surface area (Å²) < 4.78 is 0. The molecule has 20 heavy (non-hydrogen) atoms. The van der Waals surface area contributed by atoms with Crippen molar-refractivity contribution in [2.24, 2.45) is 0 Å². The first-order valence-electron chi connectivity index (χ1n) is 7.25. The molecule has 1 aromatic heterocycles. The molecule has 2 rings (SSSR count).